The number of fused-ring (bicyclic) bond motifs is 4. The average Bonchev–Trinajstić information content (AvgIpc) is 2.86. The summed E-state index contributed by atoms with van der Waals surface area (Å²) in [6.07, 6.45) is 4.73. The van der Waals surface area contributed by atoms with Crippen LogP contribution in [0.25, 0.3) is 10.9 Å². The zero-order valence-corrected chi connectivity index (χ0v) is 20.6. The van der Waals surface area contributed by atoms with Crippen LogP contribution in [0.2, 0.25) is 0 Å². The minimum Gasteiger partial charge on any atom is -0.497 e. The van der Waals surface area contributed by atoms with Gasteiger partial charge in [0.05, 0.1) is 18.7 Å². The number of rotatable bonds is 9. The molecule has 2 unspecified atom stereocenters. The number of carbonyl (C=O) groups is 2. The highest BCUT2D eigenvalue weighted by atomic mass is 16.6. The molecular weight excluding hydrogens is 446 g/mol. The molecule has 1 amide bonds. The minimum absolute atomic E-state index is 0.0270. The number of ether oxygens (including phenoxy) is 2. The highest BCUT2D eigenvalue weighted by Gasteiger charge is 2.44. The Morgan fingerprint density at radius 2 is 2.14 bits per heavy atom. The zero-order chi connectivity index (χ0) is 25.1. The van der Waals surface area contributed by atoms with Gasteiger partial charge in [-0.05, 0) is 67.8 Å². The van der Waals surface area contributed by atoms with Crippen molar-refractivity contribution in [3.05, 3.63) is 48.7 Å². The van der Waals surface area contributed by atoms with Gasteiger partial charge >= 0.3 is 12.1 Å². The van der Waals surface area contributed by atoms with Gasteiger partial charge in [-0.3, -0.25) is 9.88 Å². The summed E-state index contributed by atoms with van der Waals surface area (Å²) >= 11 is 0. The van der Waals surface area contributed by atoms with E-state index in [-0.39, 0.29) is 12.0 Å². The van der Waals surface area contributed by atoms with Crippen molar-refractivity contribution in [2.24, 2.45) is 17.8 Å². The van der Waals surface area contributed by atoms with Gasteiger partial charge in [-0.25, -0.2) is 9.59 Å². The van der Waals surface area contributed by atoms with Crippen LogP contribution in [-0.4, -0.2) is 59.3 Å². The predicted octanol–water partition coefficient (Wildman–Crippen LogP) is 4.41. The number of hydrogen-bond donors (Lipinski definition) is 2. The van der Waals surface area contributed by atoms with Crippen LogP contribution < -0.4 is 10.1 Å². The normalized spacial score (nSPS) is 25.1. The molecule has 3 aliphatic rings. The van der Waals surface area contributed by atoms with Crippen molar-refractivity contribution in [1.82, 2.24) is 15.2 Å². The Labute approximate surface area is 206 Å². The SMILES string of the molecule is C=C[C@@H]1CN2CC[C@H]1C[C@H]2[C@H](OC(=O)NC(CC(C)C)C(=O)O)c1ccnc2ccc(OC)cc12. The van der Waals surface area contributed by atoms with E-state index < -0.39 is 24.2 Å². The Balaban J connectivity index is 1.69. The van der Waals surface area contributed by atoms with Crippen molar-refractivity contribution >= 4 is 23.0 Å². The number of carboxylic acid groups (broad SMARTS) is 1. The average molecular weight is 482 g/mol. The van der Waals surface area contributed by atoms with E-state index in [1.54, 1.807) is 13.3 Å². The van der Waals surface area contributed by atoms with Gasteiger partial charge in [0.15, 0.2) is 0 Å². The number of aromatic nitrogens is 1. The highest BCUT2D eigenvalue weighted by molar-refractivity contribution is 5.84. The number of benzene rings is 1. The fourth-order valence-electron chi connectivity index (χ4n) is 5.55. The first-order chi connectivity index (χ1) is 16.8. The van der Waals surface area contributed by atoms with Crippen LogP contribution in [0.15, 0.2) is 43.1 Å². The molecule has 35 heavy (non-hydrogen) atoms. The van der Waals surface area contributed by atoms with E-state index in [2.05, 4.69) is 21.8 Å². The van der Waals surface area contributed by atoms with E-state index in [1.807, 2.05) is 44.2 Å². The number of nitrogens with one attached hydrogen (secondary N) is 1. The summed E-state index contributed by atoms with van der Waals surface area (Å²) in [6.45, 7) is 9.66. The second kappa shape index (κ2) is 10.6. The summed E-state index contributed by atoms with van der Waals surface area (Å²) in [5, 5.41) is 13.0. The summed E-state index contributed by atoms with van der Waals surface area (Å²) in [4.78, 5) is 31.7. The first-order valence-electron chi connectivity index (χ1n) is 12.3. The molecule has 2 aromatic rings. The molecule has 0 aliphatic carbocycles. The summed E-state index contributed by atoms with van der Waals surface area (Å²) in [5.41, 5.74) is 1.62. The molecule has 1 aromatic heterocycles. The number of methoxy groups -OCH3 is 1. The van der Waals surface area contributed by atoms with Gasteiger partial charge in [-0.2, -0.15) is 0 Å². The van der Waals surface area contributed by atoms with E-state index in [9.17, 15) is 14.7 Å². The van der Waals surface area contributed by atoms with E-state index >= 15 is 0 Å². The third-order valence-electron chi connectivity index (χ3n) is 7.32. The van der Waals surface area contributed by atoms with Gasteiger partial charge in [0.2, 0.25) is 0 Å². The quantitative estimate of drug-likeness (QED) is 0.512. The standard InChI is InChI=1S/C27H35N3O5/c1-5-17-15-30-11-9-18(17)13-24(30)25(35-27(33)29-23(26(31)32)12-16(2)3)20-8-10-28-22-7-6-19(34-4)14-21(20)22/h5-8,10,14,16-18,23-25H,1,9,11-13,15H2,2-4H3,(H,29,33)(H,31,32)/t17-,18+,23?,24+,25-/m1/s1. The summed E-state index contributed by atoms with van der Waals surface area (Å²) in [6, 6.07) is 6.50. The summed E-state index contributed by atoms with van der Waals surface area (Å²) in [7, 11) is 1.61. The van der Waals surface area contributed by atoms with Crippen LogP contribution in [0.1, 0.15) is 44.8 Å². The number of alkyl carbamates (subject to hydrolysis) is 1. The Bertz CT molecular complexity index is 1090. The second-order valence-electron chi connectivity index (χ2n) is 10.0. The summed E-state index contributed by atoms with van der Waals surface area (Å²) in [5.74, 6) is 0.633. The van der Waals surface area contributed by atoms with Crippen molar-refractivity contribution in [2.45, 2.75) is 51.3 Å². The number of amides is 1. The van der Waals surface area contributed by atoms with E-state index in [1.165, 1.54) is 0 Å². The van der Waals surface area contributed by atoms with Gasteiger partial charge in [0, 0.05) is 23.7 Å². The van der Waals surface area contributed by atoms with Crippen molar-refractivity contribution in [3.8, 4) is 5.75 Å². The lowest BCUT2D eigenvalue weighted by atomic mass is 9.73. The maximum atomic E-state index is 13.1. The van der Waals surface area contributed by atoms with Crippen LogP contribution in [0, 0.1) is 17.8 Å². The maximum Gasteiger partial charge on any atom is 0.408 e. The Hall–Kier alpha value is -3.13. The van der Waals surface area contributed by atoms with Crippen molar-refractivity contribution < 1.29 is 24.2 Å². The fraction of sp³-hybridized carbons (Fsp3) is 0.519. The van der Waals surface area contributed by atoms with Crippen molar-refractivity contribution in [3.63, 3.8) is 0 Å². The Morgan fingerprint density at radius 1 is 1.34 bits per heavy atom. The van der Waals surface area contributed by atoms with Crippen LogP contribution in [-0.2, 0) is 9.53 Å². The van der Waals surface area contributed by atoms with Crippen molar-refractivity contribution in [2.75, 3.05) is 20.2 Å². The second-order valence-corrected chi connectivity index (χ2v) is 10.0. The lowest BCUT2D eigenvalue weighted by molar-refractivity contribution is -0.139. The Morgan fingerprint density at radius 3 is 2.77 bits per heavy atom. The molecule has 0 saturated carbocycles. The van der Waals surface area contributed by atoms with Gasteiger partial charge in [-0.1, -0.05) is 19.9 Å². The van der Waals surface area contributed by atoms with Crippen LogP contribution in [0.4, 0.5) is 4.79 Å². The minimum atomic E-state index is -1.07. The van der Waals surface area contributed by atoms with Crippen LogP contribution in [0.3, 0.4) is 0 Å². The van der Waals surface area contributed by atoms with E-state index in [4.69, 9.17) is 9.47 Å². The fourth-order valence-corrected chi connectivity index (χ4v) is 5.55. The number of aliphatic carboxylic acids is 1. The van der Waals surface area contributed by atoms with Crippen molar-refractivity contribution in [1.29, 1.82) is 0 Å². The molecule has 8 heteroatoms. The first-order valence-corrected chi connectivity index (χ1v) is 12.3. The first kappa shape index (κ1) is 25.0. The maximum absolute atomic E-state index is 13.1. The van der Waals surface area contributed by atoms with Crippen LogP contribution in [0.5, 0.6) is 5.75 Å². The molecule has 6 atom stereocenters. The molecule has 0 radical (unpaired) electrons. The lowest BCUT2D eigenvalue weighted by Crippen LogP contribution is -2.56. The largest absolute Gasteiger partial charge is 0.497 e. The molecule has 3 fully saturated rings. The molecule has 1 aromatic carbocycles. The molecule has 3 aliphatic heterocycles. The molecule has 188 valence electrons. The molecule has 5 rings (SSSR count). The molecule has 2 bridgehead atoms. The highest BCUT2D eigenvalue weighted by Crippen LogP contribution is 2.43. The molecule has 8 nitrogen and oxygen atoms in total. The number of carboxylic acids is 1. The Kier molecular flexibility index (Phi) is 7.60. The van der Waals surface area contributed by atoms with Gasteiger partial charge < -0.3 is 19.9 Å². The predicted molar refractivity (Wildman–Crippen MR) is 133 cm³/mol. The van der Waals surface area contributed by atoms with Gasteiger partial charge in [0.1, 0.15) is 17.9 Å². The van der Waals surface area contributed by atoms with Crippen LogP contribution >= 0.6 is 0 Å². The third kappa shape index (κ3) is 5.42. The van der Waals surface area contributed by atoms with Gasteiger partial charge in [-0.15, -0.1) is 6.58 Å². The lowest BCUT2D eigenvalue weighted by Gasteiger charge is -2.51. The number of pyridine rings is 1. The molecule has 3 saturated heterocycles. The molecule has 2 N–H and O–H groups in total. The summed E-state index contributed by atoms with van der Waals surface area (Å²) < 4.78 is 11.5. The molecule has 4 heterocycles. The van der Waals surface area contributed by atoms with E-state index in [0.29, 0.717) is 24.0 Å². The van der Waals surface area contributed by atoms with E-state index in [0.717, 1.165) is 42.4 Å². The number of nitrogens with zero attached hydrogens (tertiary/aromatic N) is 2. The monoisotopic (exact) mass is 481 g/mol. The zero-order valence-electron chi connectivity index (χ0n) is 20.6. The number of hydrogen-bond acceptors (Lipinski definition) is 6. The van der Waals surface area contributed by atoms with Gasteiger partial charge in [0.25, 0.3) is 0 Å². The number of piperidine rings is 3. The number of carbonyl (C=O) groups excluding carboxylic acids is 1. The molecular formula is C27H35N3O5. The topological polar surface area (TPSA) is 101 Å². The smallest absolute Gasteiger partial charge is 0.408 e. The molecule has 0 spiro atoms. The third-order valence-corrected chi connectivity index (χ3v) is 7.32.